The van der Waals surface area contributed by atoms with E-state index in [4.69, 9.17) is 4.74 Å². The number of amides is 2. The van der Waals surface area contributed by atoms with Gasteiger partial charge in [-0.05, 0) is 32.4 Å². The average molecular weight is 292 g/mol. The molecule has 0 aromatic heterocycles. The van der Waals surface area contributed by atoms with Gasteiger partial charge in [0.15, 0.2) is 6.10 Å². The Labute approximate surface area is 123 Å². The van der Waals surface area contributed by atoms with Crippen molar-refractivity contribution >= 4 is 17.5 Å². The van der Waals surface area contributed by atoms with Crippen LogP contribution in [0.25, 0.3) is 0 Å². The number of fused-ring (bicyclic) bond motifs is 1. The lowest BCUT2D eigenvalue weighted by molar-refractivity contribution is -0.128. The van der Waals surface area contributed by atoms with Crippen molar-refractivity contribution in [3.63, 3.8) is 0 Å². The summed E-state index contributed by atoms with van der Waals surface area (Å²) in [5, 5.41) is 12.4. The number of rotatable bonds is 4. The number of carbonyl (C=O) groups is 2. The lowest BCUT2D eigenvalue weighted by Gasteiger charge is -2.32. The van der Waals surface area contributed by atoms with E-state index in [2.05, 4.69) is 5.32 Å². The summed E-state index contributed by atoms with van der Waals surface area (Å²) in [5.74, 6) is -0.0308. The van der Waals surface area contributed by atoms with Crippen LogP contribution < -0.4 is 15.0 Å². The van der Waals surface area contributed by atoms with Gasteiger partial charge in [0.25, 0.3) is 5.91 Å². The molecular weight excluding hydrogens is 272 g/mol. The number of hydrogen-bond acceptors (Lipinski definition) is 4. The number of nitrogens with zero attached hydrogens (tertiary/aromatic N) is 1. The second-order valence-corrected chi connectivity index (χ2v) is 5.21. The van der Waals surface area contributed by atoms with Crippen LogP contribution >= 0.6 is 0 Å². The summed E-state index contributed by atoms with van der Waals surface area (Å²) < 4.78 is 5.48. The van der Waals surface area contributed by atoms with Crippen LogP contribution in [0.1, 0.15) is 27.2 Å². The van der Waals surface area contributed by atoms with Crippen molar-refractivity contribution in [2.45, 2.75) is 39.3 Å². The molecule has 2 unspecified atom stereocenters. The number of ether oxygens (including phenoxy) is 1. The van der Waals surface area contributed by atoms with Gasteiger partial charge in [-0.1, -0.05) is 6.92 Å². The molecule has 0 saturated carbocycles. The highest BCUT2D eigenvalue weighted by Crippen LogP contribution is 2.36. The first-order valence-corrected chi connectivity index (χ1v) is 7.02. The molecule has 2 N–H and O–H groups in total. The van der Waals surface area contributed by atoms with E-state index in [1.165, 1.54) is 17.0 Å². The van der Waals surface area contributed by atoms with E-state index < -0.39 is 6.10 Å². The maximum Gasteiger partial charge on any atom is 0.268 e. The molecule has 1 aliphatic rings. The first-order valence-electron chi connectivity index (χ1n) is 7.02. The monoisotopic (exact) mass is 292 g/mol. The van der Waals surface area contributed by atoms with E-state index in [0.29, 0.717) is 11.4 Å². The molecule has 2 rings (SSSR count). The highest BCUT2D eigenvalue weighted by molar-refractivity contribution is 6.03. The van der Waals surface area contributed by atoms with E-state index in [-0.39, 0.29) is 30.2 Å². The molecule has 0 bridgehead atoms. The summed E-state index contributed by atoms with van der Waals surface area (Å²) in [5.41, 5.74) is 0.414. The highest BCUT2D eigenvalue weighted by atomic mass is 16.5. The highest BCUT2D eigenvalue weighted by Gasteiger charge is 2.33. The molecule has 1 heterocycles. The van der Waals surface area contributed by atoms with Gasteiger partial charge in [-0.15, -0.1) is 0 Å². The van der Waals surface area contributed by atoms with E-state index in [9.17, 15) is 14.7 Å². The topological polar surface area (TPSA) is 78.9 Å². The number of anilines is 1. The molecule has 2 atom stereocenters. The molecule has 0 fully saturated rings. The Bertz CT molecular complexity index is 559. The Morgan fingerprint density at radius 2 is 2.24 bits per heavy atom. The fourth-order valence-corrected chi connectivity index (χ4v) is 2.12. The maximum absolute atomic E-state index is 12.2. The first-order chi connectivity index (χ1) is 9.92. The largest absolute Gasteiger partial charge is 0.508 e. The van der Waals surface area contributed by atoms with E-state index in [1.54, 1.807) is 13.0 Å². The molecule has 1 aromatic carbocycles. The molecule has 1 aliphatic heterocycles. The number of phenols is 1. The van der Waals surface area contributed by atoms with Crippen LogP contribution in [-0.2, 0) is 9.59 Å². The number of carbonyl (C=O) groups excluding carboxylic acids is 2. The van der Waals surface area contributed by atoms with Crippen LogP contribution in [-0.4, -0.2) is 35.6 Å². The second kappa shape index (κ2) is 6.03. The number of phenolic OH excluding ortho intramolecular Hbond substituents is 1. The standard InChI is InChI=1S/C15H20N2O4/c1-4-9(2)16-14(19)8-17-12-7-11(18)5-6-13(12)21-10(3)15(17)20/h5-7,9-10,18H,4,8H2,1-3H3,(H,16,19). The van der Waals surface area contributed by atoms with Gasteiger partial charge in [0.05, 0.1) is 5.69 Å². The van der Waals surface area contributed by atoms with Gasteiger partial charge in [0.2, 0.25) is 5.91 Å². The molecule has 0 spiro atoms. The van der Waals surface area contributed by atoms with Crippen molar-refractivity contribution in [3.05, 3.63) is 18.2 Å². The fourth-order valence-electron chi connectivity index (χ4n) is 2.12. The fraction of sp³-hybridized carbons (Fsp3) is 0.467. The number of benzene rings is 1. The van der Waals surface area contributed by atoms with Gasteiger partial charge in [-0.2, -0.15) is 0 Å². The van der Waals surface area contributed by atoms with Crippen molar-refractivity contribution < 1.29 is 19.4 Å². The molecule has 6 heteroatoms. The van der Waals surface area contributed by atoms with Crippen LogP contribution in [0.3, 0.4) is 0 Å². The van der Waals surface area contributed by atoms with Crippen LogP contribution in [0.5, 0.6) is 11.5 Å². The molecule has 0 radical (unpaired) electrons. The Balaban J connectivity index is 2.23. The predicted octanol–water partition coefficient (Wildman–Crippen LogP) is 1.42. The van der Waals surface area contributed by atoms with Crippen LogP contribution in [0.4, 0.5) is 5.69 Å². The summed E-state index contributed by atoms with van der Waals surface area (Å²) in [7, 11) is 0. The Kier molecular flexibility index (Phi) is 4.35. The summed E-state index contributed by atoms with van der Waals surface area (Å²) >= 11 is 0. The molecular formula is C15H20N2O4. The molecule has 0 saturated heterocycles. The third-order valence-electron chi connectivity index (χ3n) is 3.47. The van der Waals surface area contributed by atoms with Crippen molar-refractivity contribution in [1.82, 2.24) is 5.32 Å². The smallest absolute Gasteiger partial charge is 0.268 e. The normalized spacial score (nSPS) is 18.7. The number of nitrogens with one attached hydrogen (secondary N) is 1. The summed E-state index contributed by atoms with van der Waals surface area (Å²) in [6, 6.07) is 4.55. The summed E-state index contributed by atoms with van der Waals surface area (Å²) in [4.78, 5) is 25.6. The SMILES string of the molecule is CCC(C)NC(=O)CN1C(=O)C(C)Oc2ccc(O)cc21. The number of hydrogen-bond donors (Lipinski definition) is 2. The Hall–Kier alpha value is -2.24. The average Bonchev–Trinajstić information content (AvgIpc) is 2.44. The van der Waals surface area contributed by atoms with Crippen molar-refractivity contribution in [3.8, 4) is 11.5 Å². The number of aromatic hydroxyl groups is 1. The third kappa shape index (κ3) is 3.26. The van der Waals surface area contributed by atoms with Crippen LogP contribution in [0.15, 0.2) is 18.2 Å². The van der Waals surface area contributed by atoms with Crippen molar-refractivity contribution in [1.29, 1.82) is 0 Å². The van der Waals surface area contributed by atoms with E-state index in [1.807, 2.05) is 13.8 Å². The Morgan fingerprint density at radius 3 is 2.90 bits per heavy atom. The van der Waals surface area contributed by atoms with Gasteiger partial charge in [0, 0.05) is 12.1 Å². The zero-order chi connectivity index (χ0) is 15.6. The molecule has 2 amide bonds. The zero-order valence-corrected chi connectivity index (χ0v) is 12.4. The molecule has 114 valence electrons. The molecule has 6 nitrogen and oxygen atoms in total. The van der Waals surface area contributed by atoms with Crippen molar-refractivity contribution in [2.75, 3.05) is 11.4 Å². The van der Waals surface area contributed by atoms with Gasteiger partial charge >= 0.3 is 0 Å². The van der Waals surface area contributed by atoms with Crippen LogP contribution in [0, 0.1) is 0 Å². The van der Waals surface area contributed by atoms with Crippen molar-refractivity contribution in [2.24, 2.45) is 0 Å². The predicted molar refractivity (Wildman–Crippen MR) is 78.4 cm³/mol. The lowest BCUT2D eigenvalue weighted by Crippen LogP contribution is -2.49. The Morgan fingerprint density at radius 1 is 1.52 bits per heavy atom. The zero-order valence-electron chi connectivity index (χ0n) is 12.4. The quantitative estimate of drug-likeness (QED) is 0.879. The molecule has 21 heavy (non-hydrogen) atoms. The van der Waals surface area contributed by atoms with Gasteiger partial charge in [0.1, 0.15) is 18.0 Å². The third-order valence-corrected chi connectivity index (χ3v) is 3.47. The molecule has 1 aromatic rings. The first kappa shape index (κ1) is 15.2. The maximum atomic E-state index is 12.2. The lowest BCUT2D eigenvalue weighted by atomic mass is 10.1. The minimum atomic E-state index is -0.654. The minimum Gasteiger partial charge on any atom is -0.508 e. The minimum absolute atomic E-state index is 0.0204. The van der Waals surface area contributed by atoms with E-state index in [0.717, 1.165) is 6.42 Å². The second-order valence-electron chi connectivity index (χ2n) is 5.21. The van der Waals surface area contributed by atoms with E-state index >= 15 is 0 Å². The molecule has 0 aliphatic carbocycles. The summed E-state index contributed by atoms with van der Waals surface area (Å²) in [6.07, 6.45) is 0.162. The van der Waals surface area contributed by atoms with Gasteiger partial charge < -0.3 is 15.2 Å². The summed E-state index contributed by atoms with van der Waals surface area (Å²) in [6.45, 7) is 5.42. The van der Waals surface area contributed by atoms with Gasteiger partial charge in [-0.3, -0.25) is 14.5 Å². The van der Waals surface area contributed by atoms with Gasteiger partial charge in [-0.25, -0.2) is 0 Å². The van der Waals surface area contributed by atoms with Crippen LogP contribution in [0.2, 0.25) is 0 Å².